The fraction of sp³-hybridized carbons (Fsp3) is 0.438. The minimum Gasteiger partial charge on any atom is -0.474 e. The molecule has 1 aliphatic rings. The van der Waals surface area contributed by atoms with Crippen molar-refractivity contribution in [3.8, 4) is 5.88 Å². The SMILES string of the molecule is Cc1cc(C)c2nc3c(c(C)c2c1)CCC(C)O3. The summed E-state index contributed by atoms with van der Waals surface area (Å²) in [5.41, 5.74) is 6.26. The first-order chi connectivity index (χ1) is 8.56. The first kappa shape index (κ1) is 11.5. The van der Waals surface area contributed by atoms with Gasteiger partial charge in [-0.2, -0.15) is 0 Å². The van der Waals surface area contributed by atoms with E-state index in [4.69, 9.17) is 9.72 Å². The van der Waals surface area contributed by atoms with Gasteiger partial charge >= 0.3 is 0 Å². The van der Waals surface area contributed by atoms with E-state index in [1.165, 1.54) is 27.6 Å². The molecule has 0 radical (unpaired) electrons. The number of benzene rings is 1. The fourth-order valence-electron chi connectivity index (χ4n) is 2.88. The maximum atomic E-state index is 5.89. The van der Waals surface area contributed by atoms with Crippen LogP contribution in [0.25, 0.3) is 10.9 Å². The summed E-state index contributed by atoms with van der Waals surface area (Å²) >= 11 is 0. The molecule has 18 heavy (non-hydrogen) atoms. The first-order valence-corrected chi connectivity index (χ1v) is 6.63. The second kappa shape index (κ2) is 3.98. The van der Waals surface area contributed by atoms with Gasteiger partial charge in [0.25, 0.3) is 0 Å². The summed E-state index contributed by atoms with van der Waals surface area (Å²) < 4.78 is 5.89. The van der Waals surface area contributed by atoms with Crippen LogP contribution in [0.1, 0.15) is 35.6 Å². The van der Waals surface area contributed by atoms with E-state index in [1.54, 1.807) is 0 Å². The molecule has 0 saturated heterocycles. The van der Waals surface area contributed by atoms with E-state index in [-0.39, 0.29) is 6.10 Å². The molecule has 2 aromatic rings. The van der Waals surface area contributed by atoms with Crippen LogP contribution in [0.2, 0.25) is 0 Å². The van der Waals surface area contributed by atoms with Crippen LogP contribution < -0.4 is 4.74 Å². The average molecular weight is 241 g/mol. The molecule has 0 aliphatic carbocycles. The Balaban J connectivity index is 2.34. The van der Waals surface area contributed by atoms with Crippen LogP contribution in [0.15, 0.2) is 12.1 Å². The van der Waals surface area contributed by atoms with Crippen LogP contribution in [0.5, 0.6) is 5.88 Å². The Hall–Kier alpha value is -1.57. The highest BCUT2D eigenvalue weighted by Crippen LogP contribution is 2.34. The second-order valence-electron chi connectivity index (χ2n) is 5.47. The van der Waals surface area contributed by atoms with E-state index in [2.05, 4.69) is 39.8 Å². The number of ether oxygens (including phenoxy) is 1. The van der Waals surface area contributed by atoms with Gasteiger partial charge < -0.3 is 4.74 Å². The zero-order chi connectivity index (χ0) is 12.9. The molecule has 94 valence electrons. The van der Waals surface area contributed by atoms with E-state index in [1.807, 2.05) is 0 Å². The number of rotatable bonds is 0. The summed E-state index contributed by atoms with van der Waals surface area (Å²) in [6.07, 6.45) is 2.46. The van der Waals surface area contributed by atoms with Crippen molar-refractivity contribution in [2.24, 2.45) is 0 Å². The molecular formula is C16H19NO. The van der Waals surface area contributed by atoms with Gasteiger partial charge in [-0.3, -0.25) is 0 Å². The molecule has 0 spiro atoms. The van der Waals surface area contributed by atoms with Crippen molar-refractivity contribution in [1.29, 1.82) is 0 Å². The smallest absolute Gasteiger partial charge is 0.217 e. The summed E-state index contributed by atoms with van der Waals surface area (Å²) in [6.45, 7) is 8.58. The van der Waals surface area contributed by atoms with E-state index < -0.39 is 0 Å². The van der Waals surface area contributed by atoms with Crippen molar-refractivity contribution in [1.82, 2.24) is 4.98 Å². The molecule has 0 bridgehead atoms. The number of hydrogen-bond acceptors (Lipinski definition) is 2. The van der Waals surface area contributed by atoms with Gasteiger partial charge in [-0.15, -0.1) is 0 Å². The number of aromatic nitrogens is 1. The van der Waals surface area contributed by atoms with E-state index in [9.17, 15) is 0 Å². The van der Waals surface area contributed by atoms with E-state index >= 15 is 0 Å². The van der Waals surface area contributed by atoms with Crippen LogP contribution in [-0.2, 0) is 6.42 Å². The van der Waals surface area contributed by atoms with Crippen molar-refractivity contribution < 1.29 is 4.74 Å². The van der Waals surface area contributed by atoms with Gasteiger partial charge in [0, 0.05) is 10.9 Å². The Labute approximate surface area is 108 Å². The monoisotopic (exact) mass is 241 g/mol. The van der Waals surface area contributed by atoms with E-state index in [0.717, 1.165) is 24.2 Å². The van der Waals surface area contributed by atoms with Gasteiger partial charge in [-0.25, -0.2) is 4.98 Å². The molecule has 0 fully saturated rings. The molecule has 1 aromatic heterocycles. The van der Waals surface area contributed by atoms with Gasteiger partial charge in [0.2, 0.25) is 5.88 Å². The minimum absolute atomic E-state index is 0.285. The van der Waals surface area contributed by atoms with Crippen LogP contribution in [0.4, 0.5) is 0 Å². The van der Waals surface area contributed by atoms with Gasteiger partial charge in [0.15, 0.2) is 0 Å². The number of pyridine rings is 1. The van der Waals surface area contributed by atoms with Crippen molar-refractivity contribution >= 4 is 10.9 Å². The molecule has 3 rings (SSSR count). The van der Waals surface area contributed by atoms with Crippen LogP contribution in [-0.4, -0.2) is 11.1 Å². The third kappa shape index (κ3) is 1.67. The molecule has 0 amide bonds. The maximum absolute atomic E-state index is 5.89. The Morgan fingerprint density at radius 3 is 2.78 bits per heavy atom. The molecular weight excluding hydrogens is 222 g/mol. The van der Waals surface area contributed by atoms with Crippen LogP contribution in [0.3, 0.4) is 0 Å². The van der Waals surface area contributed by atoms with Crippen molar-refractivity contribution in [3.63, 3.8) is 0 Å². The molecule has 2 heterocycles. The normalized spacial score (nSPS) is 18.6. The summed E-state index contributed by atoms with van der Waals surface area (Å²) in [5.74, 6) is 0.853. The Kier molecular flexibility index (Phi) is 2.54. The van der Waals surface area contributed by atoms with Crippen LogP contribution in [0, 0.1) is 20.8 Å². The summed E-state index contributed by atoms with van der Waals surface area (Å²) in [5, 5.41) is 1.28. The van der Waals surface area contributed by atoms with Crippen molar-refractivity contribution in [2.45, 2.75) is 46.6 Å². The highest BCUT2D eigenvalue weighted by atomic mass is 16.5. The molecule has 1 atom stereocenters. The summed E-state index contributed by atoms with van der Waals surface area (Å²) in [7, 11) is 0. The lowest BCUT2D eigenvalue weighted by atomic mass is 9.95. The predicted molar refractivity (Wildman–Crippen MR) is 74.4 cm³/mol. The van der Waals surface area contributed by atoms with Crippen molar-refractivity contribution in [3.05, 3.63) is 34.4 Å². The number of hydrogen-bond donors (Lipinski definition) is 0. The Morgan fingerprint density at radius 2 is 2.00 bits per heavy atom. The van der Waals surface area contributed by atoms with Crippen LogP contribution >= 0.6 is 0 Å². The van der Waals surface area contributed by atoms with Gasteiger partial charge in [-0.05, 0) is 57.7 Å². The third-order valence-electron chi connectivity index (χ3n) is 3.89. The summed E-state index contributed by atoms with van der Waals surface area (Å²) in [6, 6.07) is 4.43. The highest BCUT2D eigenvalue weighted by molar-refractivity contribution is 5.87. The predicted octanol–water partition coefficient (Wildman–Crippen LogP) is 3.87. The molecule has 0 saturated carbocycles. The van der Waals surface area contributed by atoms with E-state index in [0.29, 0.717) is 0 Å². The van der Waals surface area contributed by atoms with Gasteiger partial charge in [0.1, 0.15) is 0 Å². The number of nitrogens with zero attached hydrogens (tertiary/aromatic N) is 1. The Morgan fingerprint density at radius 1 is 1.22 bits per heavy atom. The fourth-order valence-corrected chi connectivity index (χ4v) is 2.88. The third-order valence-corrected chi connectivity index (χ3v) is 3.89. The highest BCUT2D eigenvalue weighted by Gasteiger charge is 2.21. The van der Waals surface area contributed by atoms with Gasteiger partial charge in [-0.1, -0.05) is 11.6 Å². The zero-order valence-corrected chi connectivity index (χ0v) is 11.5. The summed E-state index contributed by atoms with van der Waals surface area (Å²) in [4.78, 5) is 4.75. The first-order valence-electron chi connectivity index (χ1n) is 6.63. The maximum Gasteiger partial charge on any atom is 0.217 e. The minimum atomic E-state index is 0.285. The lowest BCUT2D eigenvalue weighted by Gasteiger charge is -2.24. The zero-order valence-electron chi connectivity index (χ0n) is 11.5. The number of aryl methyl sites for hydroxylation is 3. The molecule has 2 nitrogen and oxygen atoms in total. The number of fused-ring (bicyclic) bond motifs is 2. The van der Waals surface area contributed by atoms with Crippen molar-refractivity contribution in [2.75, 3.05) is 0 Å². The molecule has 0 N–H and O–H groups in total. The quantitative estimate of drug-likeness (QED) is 0.698. The Bertz CT molecular complexity index is 631. The van der Waals surface area contributed by atoms with Gasteiger partial charge in [0.05, 0.1) is 11.6 Å². The molecule has 1 unspecified atom stereocenters. The molecule has 1 aliphatic heterocycles. The molecule has 2 heteroatoms. The topological polar surface area (TPSA) is 22.1 Å². The lowest BCUT2D eigenvalue weighted by Crippen LogP contribution is -2.20. The largest absolute Gasteiger partial charge is 0.474 e. The standard InChI is InChI=1S/C16H19NO/c1-9-7-10(2)15-14(8-9)12(4)13-6-5-11(3)18-16(13)17-15/h7-8,11H,5-6H2,1-4H3. The lowest BCUT2D eigenvalue weighted by molar-refractivity contribution is 0.184. The second-order valence-corrected chi connectivity index (χ2v) is 5.47. The average Bonchev–Trinajstić information content (AvgIpc) is 2.31. The molecule has 1 aromatic carbocycles.